The molecule has 2 saturated heterocycles. The first kappa shape index (κ1) is 15.3. The molecule has 4 N–H and O–H groups in total. The number of fused-ring (bicyclic) bond motifs is 2. The lowest BCUT2D eigenvalue weighted by atomic mass is 9.96. The van der Waals surface area contributed by atoms with Gasteiger partial charge in [0.1, 0.15) is 0 Å². The molecule has 2 fully saturated rings. The Bertz CT molecular complexity index is 362. The highest BCUT2D eigenvalue weighted by Gasteiger charge is 2.38. The van der Waals surface area contributed by atoms with Crippen LogP contribution in [-0.4, -0.2) is 47.6 Å². The predicted octanol–water partition coefficient (Wildman–Crippen LogP) is 0.565. The second-order valence-electron chi connectivity index (χ2n) is 6.03. The van der Waals surface area contributed by atoms with E-state index in [1.54, 1.807) is 0 Å². The van der Waals surface area contributed by atoms with E-state index in [0.717, 1.165) is 25.8 Å². The van der Waals surface area contributed by atoms with Gasteiger partial charge in [-0.25, -0.2) is 4.79 Å². The van der Waals surface area contributed by atoms with Crippen LogP contribution in [0.3, 0.4) is 0 Å². The van der Waals surface area contributed by atoms with Crippen LogP contribution in [0.2, 0.25) is 0 Å². The van der Waals surface area contributed by atoms with Gasteiger partial charge in [-0.2, -0.15) is 0 Å². The Morgan fingerprint density at radius 2 is 1.95 bits per heavy atom. The summed E-state index contributed by atoms with van der Waals surface area (Å²) in [5, 5.41) is 5.82. The molecular formula is C14H26N4O2. The molecule has 0 spiro atoms. The number of hydrogen-bond acceptors (Lipinski definition) is 4. The van der Waals surface area contributed by atoms with E-state index in [9.17, 15) is 9.59 Å². The summed E-state index contributed by atoms with van der Waals surface area (Å²) in [6.45, 7) is 4.84. The van der Waals surface area contributed by atoms with Crippen LogP contribution in [0.15, 0.2) is 0 Å². The zero-order chi connectivity index (χ0) is 14.7. The van der Waals surface area contributed by atoms with Crippen molar-refractivity contribution in [2.45, 2.75) is 70.1 Å². The summed E-state index contributed by atoms with van der Waals surface area (Å²) in [7, 11) is 0. The van der Waals surface area contributed by atoms with Gasteiger partial charge >= 0.3 is 6.03 Å². The van der Waals surface area contributed by atoms with Crippen molar-refractivity contribution in [1.29, 1.82) is 0 Å². The number of nitrogens with zero attached hydrogens (tertiary/aromatic N) is 1. The van der Waals surface area contributed by atoms with Crippen LogP contribution in [0.25, 0.3) is 0 Å². The molecule has 2 bridgehead atoms. The molecule has 0 aromatic rings. The number of nitrogens with one attached hydrogen (secondary N) is 2. The number of hydrogen-bond donors (Lipinski definition) is 3. The molecule has 0 radical (unpaired) electrons. The fourth-order valence-electron chi connectivity index (χ4n) is 3.63. The number of imide groups is 1. The van der Waals surface area contributed by atoms with E-state index in [2.05, 4.69) is 22.5 Å². The van der Waals surface area contributed by atoms with Gasteiger partial charge in [0.25, 0.3) is 0 Å². The fraction of sp³-hybridized carbons (Fsp3) is 0.857. The molecule has 0 saturated carbocycles. The molecule has 0 aliphatic carbocycles. The third kappa shape index (κ3) is 3.49. The molecule has 3 amide bonds. The summed E-state index contributed by atoms with van der Waals surface area (Å²) >= 11 is 0. The van der Waals surface area contributed by atoms with E-state index >= 15 is 0 Å². The molecule has 6 nitrogen and oxygen atoms in total. The average Bonchev–Trinajstić information content (AvgIpc) is 2.73. The topological polar surface area (TPSA) is 87.5 Å². The number of piperidine rings is 1. The summed E-state index contributed by atoms with van der Waals surface area (Å²) in [6, 6.07) is 0.505. The number of amides is 3. The van der Waals surface area contributed by atoms with E-state index in [0.29, 0.717) is 18.1 Å². The zero-order valence-corrected chi connectivity index (χ0v) is 12.4. The smallest absolute Gasteiger partial charge is 0.318 e. The van der Waals surface area contributed by atoms with E-state index in [4.69, 9.17) is 5.73 Å². The van der Waals surface area contributed by atoms with Gasteiger partial charge in [-0.3, -0.25) is 15.0 Å². The third-order valence-electron chi connectivity index (χ3n) is 4.52. The third-order valence-corrected chi connectivity index (χ3v) is 4.52. The predicted molar refractivity (Wildman–Crippen MR) is 77.2 cm³/mol. The van der Waals surface area contributed by atoms with Gasteiger partial charge in [0, 0.05) is 18.1 Å². The van der Waals surface area contributed by atoms with Crippen LogP contribution in [0.5, 0.6) is 0 Å². The normalized spacial score (nSPS) is 30.2. The molecule has 2 aliphatic heterocycles. The molecule has 2 rings (SSSR count). The number of rotatable bonds is 5. The van der Waals surface area contributed by atoms with Gasteiger partial charge in [-0.15, -0.1) is 0 Å². The Labute approximate surface area is 120 Å². The van der Waals surface area contributed by atoms with E-state index < -0.39 is 6.03 Å². The molecule has 3 unspecified atom stereocenters. The largest absolute Gasteiger partial charge is 0.351 e. The van der Waals surface area contributed by atoms with E-state index in [-0.39, 0.29) is 11.9 Å². The van der Waals surface area contributed by atoms with Gasteiger partial charge < -0.3 is 11.1 Å². The SMILES string of the molecule is CCCN(C1CC2CCC(C1)N2)C(C)C(=O)NC(N)=O. The Morgan fingerprint density at radius 3 is 2.45 bits per heavy atom. The van der Waals surface area contributed by atoms with Crippen molar-refractivity contribution in [2.75, 3.05) is 6.54 Å². The van der Waals surface area contributed by atoms with E-state index in [1.807, 2.05) is 6.92 Å². The molecule has 2 heterocycles. The van der Waals surface area contributed by atoms with Crippen LogP contribution < -0.4 is 16.4 Å². The van der Waals surface area contributed by atoms with Gasteiger partial charge in [-0.05, 0) is 45.6 Å². The maximum Gasteiger partial charge on any atom is 0.318 e. The number of nitrogens with two attached hydrogens (primary N) is 1. The Balaban J connectivity index is 2.02. The zero-order valence-electron chi connectivity index (χ0n) is 12.4. The summed E-state index contributed by atoms with van der Waals surface area (Å²) in [4.78, 5) is 25.1. The Kier molecular flexibility index (Phi) is 4.99. The van der Waals surface area contributed by atoms with Gasteiger partial charge in [-0.1, -0.05) is 6.92 Å². The summed E-state index contributed by atoms with van der Waals surface area (Å²) in [5.41, 5.74) is 5.04. The monoisotopic (exact) mass is 282 g/mol. The number of carbonyl (C=O) groups excluding carboxylic acids is 2. The average molecular weight is 282 g/mol. The Hall–Kier alpha value is -1.14. The second kappa shape index (κ2) is 6.54. The lowest BCUT2D eigenvalue weighted by molar-refractivity contribution is -0.126. The molecular weight excluding hydrogens is 256 g/mol. The van der Waals surface area contributed by atoms with Crippen molar-refractivity contribution in [3.8, 4) is 0 Å². The highest BCUT2D eigenvalue weighted by molar-refractivity contribution is 5.96. The number of urea groups is 1. The van der Waals surface area contributed by atoms with Gasteiger partial charge in [0.2, 0.25) is 5.91 Å². The van der Waals surface area contributed by atoms with Gasteiger partial charge in [0.15, 0.2) is 0 Å². The highest BCUT2D eigenvalue weighted by atomic mass is 16.2. The van der Waals surface area contributed by atoms with Crippen LogP contribution in [0, 0.1) is 0 Å². The lowest BCUT2D eigenvalue weighted by Crippen LogP contribution is -2.56. The molecule has 114 valence electrons. The van der Waals surface area contributed by atoms with Crippen LogP contribution in [0.4, 0.5) is 4.79 Å². The standard InChI is InChI=1S/C14H26N4O2/c1-3-6-18(9(2)13(19)17-14(15)20)12-7-10-4-5-11(8-12)16-10/h9-12,16H,3-8H2,1-2H3,(H3,15,17,19,20). The first-order valence-corrected chi connectivity index (χ1v) is 7.63. The molecule has 3 atom stereocenters. The highest BCUT2D eigenvalue weighted by Crippen LogP contribution is 2.30. The minimum atomic E-state index is -0.774. The molecule has 2 aliphatic rings. The quantitative estimate of drug-likeness (QED) is 0.688. The summed E-state index contributed by atoms with van der Waals surface area (Å²) < 4.78 is 0. The minimum absolute atomic E-state index is 0.295. The maximum atomic E-state index is 12.0. The molecule has 20 heavy (non-hydrogen) atoms. The van der Waals surface area contributed by atoms with Crippen LogP contribution in [0.1, 0.15) is 46.0 Å². The van der Waals surface area contributed by atoms with Crippen LogP contribution >= 0.6 is 0 Å². The summed E-state index contributed by atoms with van der Waals surface area (Å²) in [5.74, 6) is -0.295. The van der Waals surface area contributed by atoms with E-state index in [1.165, 1.54) is 12.8 Å². The van der Waals surface area contributed by atoms with Crippen molar-refractivity contribution in [1.82, 2.24) is 15.5 Å². The van der Waals surface area contributed by atoms with Crippen molar-refractivity contribution >= 4 is 11.9 Å². The van der Waals surface area contributed by atoms with Crippen molar-refractivity contribution in [3.05, 3.63) is 0 Å². The van der Waals surface area contributed by atoms with Crippen LogP contribution in [-0.2, 0) is 4.79 Å². The maximum absolute atomic E-state index is 12.0. The fourth-order valence-corrected chi connectivity index (χ4v) is 3.63. The first-order valence-electron chi connectivity index (χ1n) is 7.63. The van der Waals surface area contributed by atoms with Gasteiger partial charge in [0.05, 0.1) is 6.04 Å². The van der Waals surface area contributed by atoms with Crippen molar-refractivity contribution < 1.29 is 9.59 Å². The Morgan fingerprint density at radius 1 is 1.35 bits per heavy atom. The van der Waals surface area contributed by atoms with Crippen molar-refractivity contribution in [3.63, 3.8) is 0 Å². The number of primary amides is 1. The van der Waals surface area contributed by atoms with Crippen molar-refractivity contribution in [2.24, 2.45) is 5.73 Å². The first-order chi connectivity index (χ1) is 9.51. The molecule has 0 aromatic heterocycles. The molecule has 6 heteroatoms. The second-order valence-corrected chi connectivity index (χ2v) is 6.03. The molecule has 0 aromatic carbocycles. The summed E-state index contributed by atoms with van der Waals surface area (Å²) in [6.07, 6.45) is 5.65. The minimum Gasteiger partial charge on any atom is -0.351 e. The number of carbonyl (C=O) groups is 2. The lowest BCUT2D eigenvalue weighted by Gasteiger charge is -2.40.